The second kappa shape index (κ2) is 11.4. The third kappa shape index (κ3) is 10.1. The maximum Gasteiger partial charge on any atom is 0.240 e. The molecule has 0 bridgehead atoms. The lowest BCUT2D eigenvalue weighted by atomic mass is 10.0. The van der Waals surface area contributed by atoms with Gasteiger partial charge < -0.3 is 16.4 Å². The van der Waals surface area contributed by atoms with Crippen molar-refractivity contribution in [1.29, 1.82) is 0 Å². The number of rotatable bonds is 11. The number of carbonyl (C=O) groups excluding carboxylic acids is 3. The van der Waals surface area contributed by atoms with E-state index in [-0.39, 0.29) is 24.3 Å². The van der Waals surface area contributed by atoms with Gasteiger partial charge >= 0.3 is 0 Å². The maximum atomic E-state index is 11.7. The first kappa shape index (κ1) is 19.7. The van der Waals surface area contributed by atoms with E-state index < -0.39 is 11.9 Å². The normalized spacial score (nSPS) is 12.0. The predicted octanol–water partition coefficient (Wildman–Crippen LogP) is -0.276. The molecule has 0 aromatic carbocycles. The van der Waals surface area contributed by atoms with Gasteiger partial charge in [-0.05, 0) is 18.8 Å². The monoisotopic (exact) mass is 318 g/mol. The first-order valence-electron chi connectivity index (χ1n) is 7.10. The molecule has 5 N–H and O–H groups in total. The molecule has 0 spiro atoms. The minimum Gasteiger partial charge on any atom is -0.368 e. The molecule has 0 aromatic rings. The van der Waals surface area contributed by atoms with Gasteiger partial charge in [0.25, 0.3) is 0 Å². The molecule has 0 aliphatic rings. The van der Waals surface area contributed by atoms with Crippen molar-refractivity contribution in [3.05, 3.63) is 0 Å². The summed E-state index contributed by atoms with van der Waals surface area (Å²) in [7, 11) is 0. The third-order valence-corrected chi connectivity index (χ3v) is 3.09. The summed E-state index contributed by atoms with van der Waals surface area (Å²) in [6.45, 7) is 4.41. The Labute approximate surface area is 131 Å². The zero-order valence-electron chi connectivity index (χ0n) is 12.6. The Morgan fingerprint density at radius 3 is 2.29 bits per heavy atom. The van der Waals surface area contributed by atoms with Crippen LogP contribution in [-0.4, -0.2) is 36.9 Å². The molecule has 21 heavy (non-hydrogen) atoms. The molecule has 0 aliphatic heterocycles. The van der Waals surface area contributed by atoms with Gasteiger partial charge in [-0.1, -0.05) is 33.1 Å². The number of primary amides is 1. The first-order valence-corrected chi connectivity index (χ1v) is 7.55. The Balaban J connectivity index is 3.71. The Morgan fingerprint density at radius 1 is 1.10 bits per heavy atom. The summed E-state index contributed by atoms with van der Waals surface area (Å²) < 4.78 is 2.46. The minimum absolute atomic E-state index is 0.0258. The number of hydrogen-bond donors (Lipinski definition) is 5. The molecule has 1 atom stereocenters. The zero-order valence-corrected chi connectivity index (χ0v) is 13.5. The summed E-state index contributed by atoms with van der Waals surface area (Å²) in [6, 6.07) is -0.620. The molecule has 7 nitrogen and oxygen atoms in total. The van der Waals surface area contributed by atoms with Crippen LogP contribution < -0.4 is 21.1 Å². The first-order chi connectivity index (χ1) is 9.88. The summed E-state index contributed by atoms with van der Waals surface area (Å²) in [4.78, 5) is 34.0. The number of thiol groups is 1. The molecule has 0 fully saturated rings. The van der Waals surface area contributed by atoms with Gasteiger partial charge in [0.1, 0.15) is 6.04 Å². The number of unbranched alkanes of at least 4 members (excludes halogenated alkanes) is 2. The zero-order chi connectivity index (χ0) is 16.3. The van der Waals surface area contributed by atoms with E-state index >= 15 is 0 Å². The number of hydrogen-bond acceptors (Lipinski definition) is 5. The molecule has 0 saturated carbocycles. The van der Waals surface area contributed by atoms with Gasteiger partial charge in [-0.3, -0.25) is 19.1 Å². The molecule has 8 heteroatoms. The number of nitrogens with two attached hydrogens (primary N) is 1. The fourth-order valence-electron chi connectivity index (χ4n) is 1.76. The molecule has 0 aliphatic carbocycles. The molecular formula is C13H26N4O3S. The van der Waals surface area contributed by atoms with E-state index in [0.29, 0.717) is 19.4 Å². The van der Waals surface area contributed by atoms with Crippen molar-refractivity contribution in [2.75, 3.05) is 13.1 Å². The highest BCUT2D eigenvalue weighted by atomic mass is 32.1. The highest BCUT2D eigenvalue weighted by Crippen LogP contribution is 2.03. The molecule has 3 amide bonds. The van der Waals surface area contributed by atoms with Crippen LogP contribution in [0.3, 0.4) is 0 Å². The van der Waals surface area contributed by atoms with Crippen molar-refractivity contribution in [2.24, 2.45) is 11.7 Å². The lowest BCUT2D eigenvalue weighted by molar-refractivity contribution is -0.128. The Kier molecular flexibility index (Phi) is 10.7. The molecule has 0 rings (SSSR count). The van der Waals surface area contributed by atoms with E-state index in [2.05, 4.69) is 28.2 Å². The summed E-state index contributed by atoms with van der Waals surface area (Å²) in [5, 5.41) is 5.36. The summed E-state index contributed by atoms with van der Waals surface area (Å²) in [5.41, 5.74) is 5.23. The van der Waals surface area contributed by atoms with Gasteiger partial charge in [0.2, 0.25) is 17.7 Å². The van der Waals surface area contributed by atoms with Gasteiger partial charge in [-0.15, -0.1) is 0 Å². The molecular weight excluding hydrogens is 292 g/mol. The Hall–Kier alpha value is -1.28. The van der Waals surface area contributed by atoms with Crippen LogP contribution in [0.2, 0.25) is 0 Å². The second-order valence-electron chi connectivity index (χ2n) is 5.19. The van der Waals surface area contributed by atoms with Gasteiger partial charge in [-0.2, -0.15) is 0 Å². The van der Waals surface area contributed by atoms with Crippen molar-refractivity contribution in [3.63, 3.8) is 0 Å². The van der Waals surface area contributed by atoms with Crippen LogP contribution in [0.25, 0.3) is 0 Å². The van der Waals surface area contributed by atoms with Crippen LogP contribution in [-0.2, 0) is 14.4 Å². The van der Waals surface area contributed by atoms with E-state index in [9.17, 15) is 14.4 Å². The molecule has 122 valence electrons. The molecule has 0 heterocycles. The number of amides is 3. The molecule has 0 aromatic heterocycles. The van der Waals surface area contributed by atoms with Crippen LogP contribution >= 0.6 is 12.8 Å². The van der Waals surface area contributed by atoms with Crippen LogP contribution in [0.5, 0.6) is 0 Å². The number of carbonyl (C=O) groups is 3. The van der Waals surface area contributed by atoms with E-state index in [4.69, 9.17) is 5.73 Å². The van der Waals surface area contributed by atoms with E-state index in [1.54, 1.807) is 0 Å². The molecule has 0 radical (unpaired) electrons. The van der Waals surface area contributed by atoms with Crippen molar-refractivity contribution < 1.29 is 14.4 Å². The van der Waals surface area contributed by atoms with Gasteiger partial charge in [0.05, 0.1) is 6.54 Å². The quantitative estimate of drug-likeness (QED) is 0.266. The topological polar surface area (TPSA) is 113 Å². The molecule has 0 saturated heterocycles. The summed E-state index contributed by atoms with van der Waals surface area (Å²) >= 11 is 3.73. The summed E-state index contributed by atoms with van der Waals surface area (Å²) in [6.07, 6.45) is 2.68. The van der Waals surface area contributed by atoms with Gasteiger partial charge in [-0.25, -0.2) is 0 Å². The van der Waals surface area contributed by atoms with Gasteiger partial charge in [0, 0.05) is 13.0 Å². The van der Waals surface area contributed by atoms with Crippen LogP contribution in [0.1, 0.15) is 39.5 Å². The van der Waals surface area contributed by atoms with Crippen molar-refractivity contribution >= 4 is 30.5 Å². The average molecular weight is 318 g/mol. The summed E-state index contributed by atoms with van der Waals surface area (Å²) in [5.74, 6) is -0.819. The lowest BCUT2D eigenvalue weighted by Gasteiger charge is -2.18. The van der Waals surface area contributed by atoms with Crippen LogP contribution in [0.4, 0.5) is 0 Å². The van der Waals surface area contributed by atoms with Crippen molar-refractivity contribution in [2.45, 2.75) is 45.6 Å². The van der Waals surface area contributed by atoms with E-state index in [1.165, 1.54) is 0 Å². The molecule has 1 unspecified atom stereocenters. The lowest BCUT2D eigenvalue weighted by Crippen LogP contribution is -2.47. The highest BCUT2D eigenvalue weighted by molar-refractivity contribution is 7.78. The highest BCUT2D eigenvalue weighted by Gasteiger charge is 2.20. The fraction of sp³-hybridized carbons (Fsp3) is 0.769. The smallest absolute Gasteiger partial charge is 0.240 e. The number of nitrogens with one attached hydrogen (secondary N) is 3. The second-order valence-corrected chi connectivity index (χ2v) is 5.50. The van der Waals surface area contributed by atoms with Crippen molar-refractivity contribution in [3.8, 4) is 0 Å². The van der Waals surface area contributed by atoms with Crippen LogP contribution in [0.15, 0.2) is 0 Å². The van der Waals surface area contributed by atoms with Crippen molar-refractivity contribution in [1.82, 2.24) is 15.4 Å². The van der Waals surface area contributed by atoms with E-state index in [0.717, 1.165) is 12.8 Å². The Morgan fingerprint density at radius 2 is 1.76 bits per heavy atom. The van der Waals surface area contributed by atoms with Gasteiger partial charge in [0.15, 0.2) is 0 Å². The minimum atomic E-state index is -0.620. The fourth-order valence-corrected chi connectivity index (χ4v) is 1.90. The largest absolute Gasteiger partial charge is 0.368 e. The predicted molar refractivity (Wildman–Crippen MR) is 84.4 cm³/mol. The van der Waals surface area contributed by atoms with E-state index in [1.807, 2.05) is 13.8 Å². The van der Waals surface area contributed by atoms with Crippen LogP contribution in [0, 0.1) is 5.92 Å². The Bertz CT molecular complexity index is 350. The average Bonchev–Trinajstić information content (AvgIpc) is 2.39. The third-order valence-electron chi connectivity index (χ3n) is 2.93. The maximum absolute atomic E-state index is 11.7. The standard InChI is InChI=1S/C13H26N4O3S/c1-9(2)12(13(14)20)17-10(18)6-4-3-5-7-15-11(19)8-16-21/h9,12,16,21H,3-8H2,1-2H3,(H2,14,20)(H,15,19)(H,17,18). The SMILES string of the molecule is CC(C)C(NC(=O)CCCCCNC(=O)CNS)C(N)=O.